The van der Waals surface area contributed by atoms with Gasteiger partial charge in [-0.05, 0) is 20.3 Å². The van der Waals surface area contributed by atoms with Crippen LogP contribution < -0.4 is 0 Å². The first-order chi connectivity index (χ1) is 7.72. The van der Waals surface area contributed by atoms with Crippen LogP contribution in [0.5, 0.6) is 0 Å². The molecule has 1 aromatic heterocycles. The van der Waals surface area contributed by atoms with Gasteiger partial charge in [0.15, 0.2) is 0 Å². The van der Waals surface area contributed by atoms with Crippen molar-refractivity contribution >= 4 is 5.97 Å². The van der Waals surface area contributed by atoms with Crippen molar-refractivity contribution in [1.29, 1.82) is 0 Å². The Morgan fingerprint density at radius 2 is 2.25 bits per heavy atom. The molecule has 0 N–H and O–H groups in total. The highest BCUT2D eigenvalue weighted by Crippen LogP contribution is 2.13. The van der Waals surface area contributed by atoms with E-state index >= 15 is 0 Å². The van der Waals surface area contributed by atoms with E-state index in [4.69, 9.17) is 4.74 Å². The minimum absolute atomic E-state index is 0.0763. The molecule has 0 spiro atoms. The van der Waals surface area contributed by atoms with Crippen molar-refractivity contribution in [3.63, 3.8) is 0 Å². The highest BCUT2D eigenvalue weighted by Gasteiger charge is 2.20. The molecule has 1 atom stereocenters. The van der Waals surface area contributed by atoms with E-state index in [-0.39, 0.29) is 11.9 Å². The molecular weight excluding hydrogens is 204 g/mol. The summed E-state index contributed by atoms with van der Waals surface area (Å²) in [4.78, 5) is 15.9. The third kappa shape index (κ3) is 3.08. The van der Waals surface area contributed by atoms with Gasteiger partial charge in [-0.25, -0.2) is 4.98 Å². The van der Waals surface area contributed by atoms with Crippen molar-refractivity contribution in [3.8, 4) is 0 Å². The molecule has 0 aliphatic carbocycles. The topological polar surface area (TPSA) is 44.1 Å². The van der Waals surface area contributed by atoms with Gasteiger partial charge in [-0.1, -0.05) is 6.92 Å². The van der Waals surface area contributed by atoms with E-state index in [1.165, 1.54) is 0 Å². The molecule has 90 valence electrons. The molecule has 0 aromatic carbocycles. The predicted molar refractivity (Wildman–Crippen MR) is 62.0 cm³/mol. The van der Waals surface area contributed by atoms with E-state index in [2.05, 4.69) is 16.5 Å². The SMILES string of the molecule is CCOC(=O)C(CC)Cc1nccn1CC. The van der Waals surface area contributed by atoms with Gasteiger partial charge in [0.2, 0.25) is 0 Å². The van der Waals surface area contributed by atoms with Gasteiger partial charge < -0.3 is 9.30 Å². The second-order valence-corrected chi connectivity index (χ2v) is 3.69. The van der Waals surface area contributed by atoms with Gasteiger partial charge in [0.05, 0.1) is 12.5 Å². The normalized spacial score (nSPS) is 12.4. The number of hydrogen-bond acceptors (Lipinski definition) is 3. The molecule has 0 saturated heterocycles. The maximum absolute atomic E-state index is 11.6. The summed E-state index contributed by atoms with van der Waals surface area (Å²) < 4.78 is 7.10. The van der Waals surface area contributed by atoms with E-state index in [1.54, 1.807) is 6.20 Å². The number of hydrogen-bond donors (Lipinski definition) is 0. The van der Waals surface area contributed by atoms with E-state index in [9.17, 15) is 4.79 Å². The first-order valence-electron chi connectivity index (χ1n) is 5.89. The molecule has 1 unspecified atom stereocenters. The highest BCUT2D eigenvalue weighted by atomic mass is 16.5. The Hall–Kier alpha value is -1.32. The van der Waals surface area contributed by atoms with Crippen molar-refractivity contribution in [1.82, 2.24) is 9.55 Å². The Labute approximate surface area is 96.6 Å². The molecule has 4 heteroatoms. The van der Waals surface area contributed by atoms with Crippen LogP contribution in [0.15, 0.2) is 12.4 Å². The van der Waals surface area contributed by atoms with E-state index in [1.807, 2.05) is 20.0 Å². The minimum Gasteiger partial charge on any atom is -0.466 e. The summed E-state index contributed by atoms with van der Waals surface area (Å²) in [5.41, 5.74) is 0. The summed E-state index contributed by atoms with van der Waals surface area (Å²) in [6, 6.07) is 0. The van der Waals surface area contributed by atoms with Crippen molar-refractivity contribution in [3.05, 3.63) is 18.2 Å². The third-order valence-electron chi connectivity index (χ3n) is 2.68. The molecule has 0 radical (unpaired) electrons. The molecule has 1 heterocycles. The molecule has 0 fully saturated rings. The Balaban J connectivity index is 2.66. The number of aromatic nitrogens is 2. The number of carbonyl (C=O) groups is 1. The van der Waals surface area contributed by atoms with Crippen LogP contribution >= 0.6 is 0 Å². The van der Waals surface area contributed by atoms with Crippen LogP contribution in [0.3, 0.4) is 0 Å². The van der Waals surface area contributed by atoms with Crippen molar-refractivity contribution in [2.24, 2.45) is 5.92 Å². The van der Waals surface area contributed by atoms with Crippen LogP contribution in [0.25, 0.3) is 0 Å². The quantitative estimate of drug-likeness (QED) is 0.694. The lowest BCUT2D eigenvalue weighted by atomic mass is 10.0. The van der Waals surface area contributed by atoms with Crippen LogP contribution in [0.4, 0.5) is 0 Å². The van der Waals surface area contributed by atoms with Crippen LogP contribution in [0, 0.1) is 5.92 Å². The van der Waals surface area contributed by atoms with Crippen molar-refractivity contribution in [2.75, 3.05) is 6.61 Å². The van der Waals surface area contributed by atoms with Crippen LogP contribution in [0.1, 0.15) is 33.0 Å². The van der Waals surface area contributed by atoms with Gasteiger partial charge in [0, 0.05) is 25.4 Å². The molecular formula is C12H20N2O2. The Morgan fingerprint density at radius 1 is 1.50 bits per heavy atom. The highest BCUT2D eigenvalue weighted by molar-refractivity contribution is 5.72. The molecule has 0 saturated carbocycles. The Kier molecular flexibility index (Phi) is 5.02. The van der Waals surface area contributed by atoms with Crippen LogP contribution in [-0.4, -0.2) is 22.1 Å². The summed E-state index contributed by atoms with van der Waals surface area (Å²) in [7, 11) is 0. The lowest BCUT2D eigenvalue weighted by Crippen LogP contribution is -2.21. The molecule has 0 bridgehead atoms. The van der Waals surface area contributed by atoms with Gasteiger partial charge in [-0.3, -0.25) is 4.79 Å². The fourth-order valence-electron chi connectivity index (χ4n) is 1.69. The monoisotopic (exact) mass is 224 g/mol. The summed E-state index contributed by atoms with van der Waals surface area (Å²) in [6.45, 7) is 7.22. The van der Waals surface area contributed by atoms with Gasteiger partial charge in [-0.2, -0.15) is 0 Å². The Bertz CT molecular complexity index is 334. The number of ether oxygens (including phenoxy) is 1. The summed E-state index contributed by atoms with van der Waals surface area (Å²) in [5.74, 6) is 0.769. The first kappa shape index (κ1) is 12.7. The fraction of sp³-hybridized carbons (Fsp3) is 0.667. The number of nitrogens with zero attached hydrogens (tertiary/aromatic N) is 2. The zero-order valence-corrected chi connectivity index (χ0v) is 10.3. The average molecular weight is 224 g/mol. The van der Waals surface area contributed by atoms with E-state index < -0.39 is 0 Å². The molecule has 0 aliphatic rings. The maximum Gasteiger partial charge on any atom is 0.309 e. The second-order valence-electron chi connectivity index (χ2n) is 3.69. The summed E-state index contributed by atoms with van der Waals surface area (Å²) in [5, 5.41) is 0. The number of aryl methyl sites for hydroxylation is 1. The standard InChI is InChI=1S/C12H20N2O2/c1-4-10(12(15)16-6-3)9-11-13-7-8-14(11)5-2/h7-8,10H,4-6,9H2,1-3H3. The third-order valence-corrected chi connectivity index (χ3v) is 2.68. The van der Waals surface area contributed by atoms with Gasteiger partial charge in [0.25, 0.3) is 0 Å². The summed E-state index contributed by atoms with van der Waals surface area (Å²) >= 11 is 0. The molecule has 0 amide bonds. The number of esters is 1. The van der Waals surface area contributed by atoms with Crippen molar-refractivity contribution < 1.29 is 9.53 Å². The lowest BCUT2D eigenvalue weighted by Gasteiger charge is -2.13. The number of carbonyl (C=O) groups excluding carboxylic acids is 1. The lowest BCUT2D eigenvalue weighted by molar-refractivity contribution is -0.148. The molecule has 16 heavy (non-hydrogen) atoms. The average Bonchev–Trinajstić information content (AvgIpc) is 2.73. The molecule has 4 nitrogen and oxygen atoms in total. The van der Waals surface area contributed by atoms with Gasteiger partial charge in [-0.15, -0.1) is 0 Å². The zero-order chi connectivity index (χ0) is 12.0. The van der Waals surface area contributed by atoms with Gasteiger partial charge >= 0.3 is 5.97 Å². The Morgan fingerprint density at radius 3 is 2.81 bits per heavy atom. The smallest absolute Gasteiger partial charge is 0.309 e. The molecule has 1 aromatic rings. The molecule has 1 rings (SSSR count). The predicted octanol–water partition coefficient (Wildman–Crippen LogP) is 2.03. The first-order valence-corrected chi connectivity index (χ1v) is 5.89. The minimum atomic E-state index is -0.115. The van der Waals surface area contributed by atoms with E-state index in [0.29, 0.717) is 13.0 Å². The van der Waals surface area contributed by atoms with Crippen LogP contribution in [0.2, 0.25) is 0 Å². The fourth-order valence-corrected chi connectivity index (χ4v) is 1.69. The van der Waals surface area contributed by atoms with Crippen molar-refractivity contribution in [2.45, 2.75) is 40.2 Å². The number of imidazole rings is 1. The molecule has 0 aliphatic heterocycles. The van der Waals surface area contributed by atoms with Crippen LogP contribution in [-0.2, 0) is 22.5 Å². The summed E-state index contributed by atoms with van der Waals surface area (Å²) in [6.07, 6.45) is 5.16. The largest absolute Gasteiger partial charge is 0.466 e. The number of rotatable bonds is 6. The maximum atomic E-state index is 11.6. The van der Waals surface area contributed by atoms with Gasteiger partial charge in [0.1, 0.15) is 5.82 Å². The zero-order valence-electron chi connectivity index (χ0n) is 10.3. The second kappa shape index (κ2) is 6.30. The van der Waals surface area contributed by atoms with E-state index in [0.717, 1.165) is 18.8 Å².